The third kappa shape index (κ3) is 2.97. The van der Waals surface area contributed by atoms with Gasteiger partial charge < -0.3 is 15.7 Å². The van der Waals surface area contributed by atoms with Crippen molar-refractivity contribution in [2.24, 2.45) is 5.92 Å². The Balaban J connectivity index is 1.98. The van der Waals surface area contributed by atoms with Crippen molar-refractivity contribution in [3.05, 3.63) is 23.8 Å². The number of benzene rings is 1. The minimum atomic E-state index is -0.0277. The van der Waals surface area contributed by atoms with E-state index < -0.39 is 0 Å². The molecular weight excluding hydrogens is 216 g/mol. The molecule has 1 aromatic rings. The van der Waals surface area contributed by atoms with Crippen LogP contribution in [-0.4, -0.2) is 24.1 Å². The van der Waals surface area contributed by atoms with E-state index in [2.05, 4.69) is 10.6 Å². The third-order valence-corrected chi connectivity index (χ3v) is 3.08. The van der Waals surface area contributed by atoms with Crippen LogP contribution in [0.4, 0.5) is 5.69 Å². The van der Waals surface area contributed by atoms with Crippen molar-refractivity contribution in [2.45, 2.75) is 19.8 Å². The number of phenols is 1. The number of rotatable bonds is 4. The number of aryl methyl sites for hydroxylation is 1. The lowest BCUT2D eigenvalue weighted by molar-refractivity contribution is -0.117. The average molecular weight is 234 g/mol. The molecule has 1 fully saturated rings. The van der Waals surface area contributed by atoms with Gasteiger partial charge in [0.25, 0.3) is 0 Å². The fraction of sp³-hybridized carbons (Fsp3) is 0.462. The van der Waals surface area contributed by atoms with E-state index >= 15 is 0 Å². The van der Waals surface area contributed by atoms with Gasteiger partial charge in [-0.05, 0) is 43.1 Å². The van der Waals surface area contributed by atoms with Crippen molar-refractivity contribution in [3.63, 3.8) is 0 Å². The third-order valence-electron chi connectivity index (χ3n) is 3.08. The summed E-state index contributed by atoms with van der Waals surface area (Å²) in [6.45, 7) is 3.86. The lowest BCUT2D eigenvalue weighted by atomic mass is 9.99. The van der Waals surface area contributed by atoms with Crippen LogP contribution in [0.25, 0.3) is 0 Å². The topological polar surface area (TPSA) is 61.4 Å². The van der Waals surface area contributed by atoms with Crippen molar-refractivity contribution in [1.29, 1.82) is 0 Å². The first kappa shape index (κ1) is 11.9. The number of carbonyl (C=O) groups excluding carboxylic acids is 1. The van der Waals surface area contributed by atoms with Crippen LogP contribution < -0.4 is 10.6 Å². The van der Waals surface area contributed by atoms with Gasteiger partial charge in [-0.25, -0.2) is 0 Å². The van der Waals surface area contributed by atoms with Gasteiger partial charge >= 0.3 is 0 Å². The molecule has 0 aromatic heterocycles. The Bertz CT molecular complexity index is 414. The van der Waals surface area contributed by atoms with E-state index in [0.717, 1.165) is 25.1 Å². The SMILES string of the molecule is CCc1ccc(O)c(NC(=O)CC2CNC2)c1. The molecule has 1 aromatic carbocycles. The van der Waals surface area contributed by atoms with Gasteiger partial charge in [0, 0.05) is 6.42 Å². The van der Waals surface area contributed by atoms with Crippen LogP contribution in [-0.2, 0) is 11.2 Å². The maximum Gasteiger partial charge on any atom is 0.224 e. The molecule has 1 heterocycles. The van der Waals surface area contributed by atoms with Gasteiger partial charge in [-0.3, -0.25) is 4.79 Å². The van der Waals surface area contributed by atoms with Crippen LogP contribution in [0.5, 0.6) is 5.75 Å². The molecule has 0 spiro atoms. The van der Waals surface area contributed by atoms with Crippen molar-refractivity contribution < 1.29 is 9.90 Å². The Labute approximate surface area is 101 Å². The summed E-state index contributed by atoms with van der Waals surface area (Å²) in [6.07, 6.45) is 1.40. The van der Waals surface area contributed by atoms with E-state index in [-0.39, 0.29) is 11.7 Å². The number of amides is 1. The summed E-state index contributed by atoms with van der Waals surface area (Å²) in [5.74, 6) is 0.536. The molecule has 0 radical (unpaired) electrons. The van der Waals surface area contributed by atoms with E-state index in [1.165, 1.54) is 0 Å². The van der Waals surface area contributed by atoms with E-state index in [9.17, 15) is 9.90 Å². The molecule has 0 atom stereocenters. The van der Waals surface area contributed by atoms with Crippen LogP contribution in [0.15, 0.2) is 18.2 Å². The predicted octanol–water partition coefficient (Wildman–Crippen LogP) is 1.50. The lowest BCUT2D eigenvalue weighted by Crippen LogP contribution is -2.43. The minimum Gasteiger partial charge on any atom is -0.506 e. The first-order valence-corrected chi connectivity index (χ1v) is 6.01. The van der Waals surface area contributed by atoms with Crippen molar-refractivity contribution in [1.82, 2.24) is 5.32 Å². The minimum absolute atomic E-state index is 0.0277. The summed E-state index contributed by atoms with van der Waals surface area (Å²) in [6, 6.07) is 5.31. The molecule has 1 saturated heterocycles. The predicted molar refractivity (Wildman–Crippen MR) is 67.1 cm³/mol. The fourth-order valence-corrected chi connectivity index (χ4v) is 1.86. The number of carbonyl (C=O) groups is 1. The number of nitrogens with one attached hydrogen (secondary N) is 2. The molecule has 1 aliphatic rings. The number of phenolic OH excluding ortho intramolecular Hbond substituents is 1. The highest BCUT2D eigenvalue weighted by molar-refractivity contribution is 5.92. The molecule has 0 unspecified atom stereocenters. The molecular formula is C13H18N2O2. The summed E-state index contributed by atoms with van der Waals surface area (Å²) in [5.41, 5.74) is 1.62. The van der Waals surface area contributed by atoms with E-state index in [4.69, 9.17) is 0 Å². The zero-order valence-electron chi connectivity index (χ0n) is 9.99. The molecule has 0 bridgehead atoms. The van der Waals surface area contributed by atoms with Gasteiger partial charge in [-0.2, -0.15) is 0 Å². The fourth-order valence-electron chi connectivity index (χ4n) is 1.86. The highest BCUT2D eigenvalue weighted by Gasteiger charge is 2.20. The molecule has 4 nitrogen and oxygen atoms in total. The second-order valence-electron chi connectivity index (χ2n) is 4.48. The number of hydrogen-bond acceptors (Lipinski definition) is 3. The van der Waals surface area contributed by atoms with Crippen LogP contribution >= 0.6 is 0 Å². The maximum atomic E-state index is 11.7. The summed E-state index contributed by atoms with van der Waals surface area (Å²) in [7, 11) is 0. The summed E-state index contributed by atoms with van der Waals surface area (Å²) < 4.78 is 0. The van der Waals surface area contributed by atoms with Crippen LogP contribution in [0.1, 0.15) is 18.9 Å². The average Bonchev–Trinajstić information content (AvgIpc) is 2.27. The summed E-state index contributed by atoms with van der Waals surface area (Å²) >= 11 is 0. The standard InChI is InChI=1S/C13H18N2O2/c1-2-9-3-4-12(16)11(5-9)15-13(17)6-10-7-14-8-10/h3-5,10,14,16H,2,6-8H2,1H3,(H,15,17). The quantitative estimate of drug-likeness (QED) is 0.692. The molecule has 0 saturated carbocycles. The van der Waals surface area contributed by atoms with Crippen molar-refractivity contribution in [3.8, 4) is 5.75 Å². The summed E-state index contributed by atoms with van der Waals surface area (Å²) in [5, 5.41) is 15.6. The zero-order chi connectivity index (χ0) is 12.3. The molecule has 1 aliphatic heterocycles. The lowest BCUT2D eigenvalue weighted by Gasteiger charge is -2.26. The Morgan fingerprint density at radius 2 is 2.29 bits per heavy atom. The molecule has 1 amide bonds. The van der Waals surface area contributed by atoms with Crippen molar-refractivity contribution >= 4 is 11.6 Å². The second kappa shape index (κ2) is 5.19. The molecule has 3 N–H and O–H groups in total. The van der Waals surface area contributed by atoms with E-state index in [1.807, 2.05) is 19.1 Å². The van der Waals surface area contributed by atoms with Crippen LogP contribution in [0, 0.1) is 5.92 Å². The smallest absolute Gasteiger partial charge is 0.224 e. The Hall–Kier alpha value is -1.55. The highest BCUT2D eigenvalue weighted by Crippen LogP contribution is 2.25. The van der Waals surface area contributed by atoms with Crippen LogP contribution in [0.3, 0.4) is 0 Å². The molecule has 0 aliphatic carbocycles. The van der Waals surface area contributed by atoms with Gasteiger partial charge in [-0.1, -0.05) is 13.0 Å². The Morgan fingerprint density at radius 3 is 2.88 bits per heavy atom. The molecule has 92 valence electrons. The van der Waals surface area contributed by atoms with Crippen molar-refractivity contribution in [2.75, 3.05) is 18.4 Å². The molecule has 17 heavy (non-hydrogen) atoms. The van der Waals surface area contributed by atoms with E-state index in [0.29, 0.717) is 18.0 Å². The molecule has 2 rings (SSSR count). The number of anilines is 1. The van der Waals surface area contributed by atoms with Gasteiger partial charge in [0.1, 0.15) is 5.75 Å². The normalized spacial score (nSPS) is 15.4. The Kier molecular flexibility index (Phi) is 3.64. The second-order valence-corrected chi connectivity index (χ2v) is 4.48. The monoisotopic (exact) mass is 234 g/mol. The largest absolute Gasteiger partial charge is 0.506 e. The zero-order valence-corrected chi connectivity index (χ0v) is 9.99. The number of aromatic hydroxyl groups is 1. The van der Waals surface area contributed by atoms with Gasteiger partial charge in [0.2, 0.25) is 5.91 Å². The first-order valence-electron chi connectivity index (χ1n) is 6.01. The first-order chi connectivity index (χ1) is 8.19. The van der Waals surface area contributed by atoms with E-state index in [1.54, 1.807) is 6.07 Å². The Morgan fingerprint density at radius 1 is 1.53 bits per heavy atom. The highest BCUT2D eigenvalue weighted by atomic mass is 16.3. The van der Waals surface area contributed by atoms with Gasteiger partial charge in [0.05, 0.1) is 5.69 Å². The van der Waals surface area contributed by atoms with Gasteiger partial charge in [-0.15, -0.1) is 0 Å². The summed E-state index contributed by atoms with van der Waals surface area (Å²) in [4.78, 5) is 11.7. The number of hydrogen-bond donors (Lipinski definition) is 3. The van der Waals surface area contributed by atoms with Gasteiger partial charge in [0.15, 0.2) is 0 Å². The van der Waals surface area contributed by atoms with Crippen LogP contribution in [0.2, 0.25) is 0 Å². The maximum absolute atomic E-state index is 11.7. The molecule has 4 heteroatoms.